The molecule has 3 aromatic rings. The van der Waals surface area contributed by atoms with Crippen molar-refractivity contribution in [1.29, 1.82) is 0 Å². The highest BCUT2D eigenvalue weighted by molar-refractivity contribution is 5.99. The molecule has 2 bridgehead atoms. The van der Waals surface area contributed by atoms with Crippen molar-refractivity contribution in [2.24, 2.45) is 0 Å². The zero-order chi connectivity index (χ0) is 20.2. The normalized spacial score (nSPS) is 23.4. The first-order valence-corrected chi connectivity index (χ1v) is 10.5. The molecule has 8 heteroatoms. The summed E-state index contributed by atoms with van der Waals surface area (Å²) in [5, 5.41) is 8.33. The number of fused-ring (bicyclic) bond motifs is 6. The maximum atomic E-state index is 14.2. The Kier molecular flexibility index (Phi) is 3.94. The minimum atomic E-state index is -0.276. The van der Waals surface area contributed by atoms with E-state index < -0.39 is 0 Å². The van der Waals surface area contributed by atoms with E-state index in [0.717, 1.165) is 49.0 Å². The average Bonchev–Trinajstić information content (AvgIpc) is 3.49. The molecule has 0 aliphatic carbocycles. The van der Waals surface area contributed by atoms with Crippen molar-refractivity contribution in [1.82, 2.24) is 20.1 Å². The molecule has 6 rings (SSSR count). The molecule has 1 unspecified atom stereocenters. The lowest BCUT2D eigenvalue weighted by Crippen LogP contribution is -2.39. The molecular formula is C22H22FN5O2. The summed E-state index contributed by atoms with van der Waals surface area (Å²) in [7, 11) is 0. The second-order valence-electron chi connectivity index (χ2n) is 8.31. The summed E-state index contributed by atoms with van der Waals surface area (Å²) >= 11 is 0. The molecule has 7 nitrogen and oxygen atoms in total. The Labute approximate surface area is 172 Å². The zero-order valence-electron chi connectivity index (χ0n) is 16.5. The van der Waals surface area contributed by atoms with Gasteiger partial charge in [0.15, 0.2) is 11.5 Å². The molecule has 5 heterocycles. The Balaban J connectivity index is 1.55. The van der Waals surface area contributed by atoms with Crippen molar-refractivity contribution in [3.05, 3.63) is 47.4 Å². The molecule has 3 aliphatic rings. The van der Waals surface area contributed by atoms with Crippen molar-refractivity contribution in [3.8, 4) is 5.75 Å². The molecular weight excluding hydrogens is 385 g/mol. The van der Waals surface area contributed by atoms with Crippen LogP contribution in [0.4, 0.5) is 10.2 Å². The summed E-state index contributed by atoms with van der Waals surface area (Å²) in [6.07, 6.45) is 5.31. The van der Waals surface area contributed by atoms with Crippen molar-refractivity contribution in [3.63, 3.8) is 0 Å². The number of hydrogen-bond acceptors (Lipinski definition) is 5. The van der Waals surface area contributed by atoms with Gasteiger partial charge in [0.05, 0.1) is 23.0 Å². The van der Waals surface area contributed by atoms with Crippen LogP contribution < -0.4 is 9.64 Å². The highest BCUT2D eigenvalue weighted by Crippen LogP contribution is 2.42. The third-order valence-electron chi connectivity index (χ3n) is 6.57. The molecule has 0 spiro atoms. The van der Waals surface area contributed by atoms with E-state index in [1.54, 1.807) is 18.3 Å². The number of nitrogens with one attached hydrogen (secondary N) is 1. The number of nitrogens with zero attached hydrogens (tertiary/aromatic N) is 4. The third kappa shape index (κ3) is 2.66. The first-order chi connectivity index (χ1) is 14.7. The number of benzene rings is 1. The summed E-state index contributed by atoms with van der Waals surface area (Å²) in [6, 6.07) is 6.57. The number of aromatic nitrogens is 3. The number of H-pyrrole nitrogens is 1. The Hall–Kier alpha value is -3.16. The minimum Gasteiger partial charge on any atom is -0.491 e. The van der Waals surface area contributed by atoms with Gasteiger partial charge >= 0.3 is 0 Å². The van der Waals surface area contributed by atoms with Gasteiger partial charge in [0.25, 0.3) is 5.91 Å². The van der Waals surface area contributed by atoms with Gasteiger partial charge in [-0.1, -0.05) is 0 Å². The van der Waals surface area contributed by atoms with Crippen LogP contribution >= 0.6 is 0 Å². The second kappa shape index (κ2) is 6.68. The van der Waals surface area contributed by atoms with E-state index in [2.05, 4.69) is 20.1 Å². The molecule has 1 amide bonds. The molecule has 1 aromatic carbocycles. The van der Waals surface area contributed by atoms with Crippen LogP contribution in [0, 0.1) is 5.82 Å². The fraction of sp³-hybridized carbons (Fsp3) is 0.409. The van der Waals surface area contributed by atoms with Gasteiger partial charge in [-0.15, -0.1) is 0 Å². The molecule has 30 heavy (non-hydrogen) atoms. The number of aromatic amines is 1. The van der Waals surface area contributed by atoms with E-state index in [-0.39, 0.29) is 23.8 Å². The number of halogens is 1. The van der Waals surface area contributed by atoms with Gasteiger partial charge in [-0.2, -0.15) is 5.10 Å². The Bertz CT molecular complexity index is 1150. The van der Waals surface area contributed by atoms with Crippen LogP contribution in [0.1, 0.15) is 47.6 Å². The van der Waals surface area contributed by atoms with E-state index in [9.17, 15) is 9.18 Å². The number of anilines is 1. The first kappa shape index (κ1) is 17.7. The maximum absolute atomic E-state index is 14.2. The first-order valence-electron chi connectivity index (χ1n) is 10.5. The van der Waals surface area contributed by atoms with Gasteiger partial charge in [-0.05, 0) is 49.9 Å². The predicted molar refractivity (Wildman–Crippen MR) is 109 cm³/mol. The largest absolute Gasteiger partial charge is 0.491 e. The highest BCUT2D eigenvalue weighted by Gasteiger charge is 2.35. The molecule has 0 radical (unpaired) electrons. The van der Waals surface area contributed by atoms with Crippen LogP contribution in [0.2, 0.25) is 0 Å². The molecule has 3 aliphatic heterocycles. The summed E-state index contributed by atoms with van der Waals surface area (Å²) in [4.78, 5) is 21.8. The molecule has 2 fully saturated rings. The van der Waals surface area contributed by atoms with Gasteiger partial charge in [0.1, 0.15) is 18.2 Å². The second-order valence-corrected chi connectivity index (χ2v) is 8.31. The monoisotopic (exact) mass is 407 g/mol. The molecule has 2 saturated heterocycles. The summed E-state index contributed by atoms with van der Waals surface area (Å²) in [6.45, 7) is 1.90. The Morgan fingerprint density at radius 2 is 2.00 bits per heavy atom. The van der Waals surface area contributed by atoms with Gasteiger partial charge in [-0.25, -0.2) is 9.37 Å². The van der Waals surface area contributed by atoms with Crippen LogP contribution in [0.15, 0.2) is 30.5 Å². The summed E-state index contributed by atoms with van der Waals surface area (Å²) in [5.41, 5.74) is 2.05. The number of pyridine rings is 1. The van der Waals surface area contributed by atoms with Crippen LogP contribution in [0.3, 0.4) is 0 Å². The minimum absolute atomic E-state index is 0.00430. The van der Waals surface area contributed by atoms with Gasteiger partial charge in [0.2, 0.25) is 0 Å². The van der Waals surface area contributed by atoms with Gasteiger partial charge in [-0.3, -0.25) is 9.89 Å². The van der Waals surface area contributed by atoms with Crippen molar-refractivity contribution < 1.29 is 13.9 Å². The average molecular weight is 407 g/mol. The third-order valence-corrected chi connectivity index (χ3v) is 6.57. The quantitative estimate of drug-likeness (QED) is 0.618. The lowest BCUT2D eigenvalue weighted by molar-refractivity contribution is 0.0691. The van der Waals surface area contributed by atoms with Crippen molar-refractivity contribution in [2.45, 2.75) is 37.8 Å². The predicted octanol–water partition coefficient (Wildman–Crippen LogP) is 3.44. The van der Waals surface area contributed by atoms with Crippen molar-refractivity contribution >= 4 is 22.8 Å². The van der Waals surface area contributed by atoms with E-state index in [1.807, 2.05) is 11.0 Å². The number of amides is 1. The summed E-state index contributed by atoms with van der Waals surface area (Å²) < 4.78 is 20.4. The molecule has 2 atom stereocenters. The molecule has 154 valence electrons. The van der Waals surface area contributed by atoms with Gasteiger partial charge < -0.3 is 14.5 Å². The number of rotatable bonds is 0. The van der Waals surface area contributed by atoms with Crippen LogP contribution in [0.25, 0.3) is 11.0 Å². The Morgan fingerprint density at radius 3 is 2.93 bits per heavy atom. The molecule has 1 N–H and O–H groups in total. The highest BCUT2D eigenvalue weighted by atomic mass is 19.1. The lowest BCUT2D eigenvalue weighted by atomic mass is 10.0. The van der Waals surface area contributed by atoms with Gasteiger partial charge in [0, 0.05) is 24.8 Å². The number of ether oxygens (including phenoxy) is 1. The Morgan fingerprint density at radius 1 is 1.13 bits per heavy atom. The maximum Gasteiger partial charge on any atom is 0.255 e. The number of carbonyl (C=O) groups excluding carboxylic acids is 1. The fourth-order valence-electron chi connectivity index (χ4n) is 5.11. The SMILES string of the molecule is O=C1c2cnc3[nH]nc(c3c2)N2CCC[C@@H]2c2cc(F)ccc2OCC2CCCN12. The fourth-order valence-corrected chi connectivity index (χ4v) is 5.11. The summed E-state index contributed by atoms with van der Waals surface area (Å²) in [5.74, 6) is 1.13. The number of carbonyl (C=O) groups is 1. The van der Waals surface area contributed by atoms with E-state index in [4.69, 9.17) is 4.74 Å². The van der Waals surface area contributed by atoms with Crippen LogP contribution in [-0.2, 0) is 0 Å². The topological polar surface area (TPSA) is 74.3 Å². The van der Waals surface area contributed by atoms with Crippen LogP contribution in [-0.4, -0.2) is 51.7 Å². The molecule has 2 aromatic heterocycles. The smallest absolute Gasteiger partial charge is 0.255 e. The number of hydrogen-bond donors (Lipinski definition) is 1. The van der Waals surface area contributed by atoms with E-state index in [1.165, 1.54) is 6.07 Å². The standard InChI is InChI=1S/C22H22FN5O2/c23-14-5-6-19-16(10-14)18-4-2-8-28(18)21-17-9-13(11-24-20(17)25-26-21)22(29)27-7-1-3-15(27)12-30-19/h5-6,9-11,15,18H,1-4,7-8,12H2,(H,24,25,26)/t15?,18-/m1/s1. The lowest BCUT2D eigenvalue weighted by Gasteiger charge is -2.28. The van der Waals surface area contributed by atoms with Crippen molar-refractivity contribution in [2.75, 3.05) is 24.6 Å². The van der Waals surface area contributed by atoms with Crippen LogP contribution in [0.5, 0.6) is 5.75 Å². The molecule has 0 saturated carbocycles. The van der Waals surface area contributed by atoms with E-state index >= 15 is 0 Å². The van der Waals surface area contributed by atoms with E-state index in [0.29, 0.717) is 30.1 Å². The zero-order valence-corrected chi connectivity index (χ0v) is 16.5.